The Bertz CT molecular complexity index is 680. The van der Waals surface area contributed by atoms with E-state index in [4.69, 9.17) is 0 Å². The Morgan fingerprint density at radius 1 is 1.41 bits per heavy atom. The van der Waals surface area contributed by atoms with Crippen LogP contribution in [0, 0.1) is 6.92 Å². The largest absolute Gasteiger partial charge is 0.378 e. The van der Waals surface area contributed by atoms with Crippen LogP contribution in [0.25, 0.3) is 0 Å². The Morgan fingerprint density at radius 2 is 2.23 bits per heavy atom. The molecule has 3 rings (SSSR count). The number of hydrogen-bond donors (Lipinski definition) is 2. The Kier molecular flexibility index (Phi) is 4.43. The lowest BCUT2D eigenvalue weighted by Gasteiger charge is -2.25. The molecule has 0 aliphatic heterocycles. The van der Waals surface area contributed by atoms with Crippen LogP contribution in [0.1, 0.15) is 45.9 Å². The van der Waals surface area contributed by atoms with Crippen molar-refractivity contribution in [3.63, 3.8) is 0 Å². The van der Waals surface area contributed by atoms with Gasteiger partial charge in [0, 0.05) is 19.5 Å². The maximum Gasteiger partial charge on any atom is 0.256 e. The molecular formula is C17H21N3OS. The second-order valence-corrected chi connectivity index (χ2v) is 6.49. The van der Waals surface area contributed by atoms with Gasteiger partial charge in [0.25, 0.3) is 5.91 Å². The molecule has 2 N–H and O–H groups in total. The summed E-state index contributed by atoms with van der Waals surface area (Å²) in [5.74, 6) is 0.387. The first-order chi connectivity index (χ1) is 10.7. The third-order valence-corrected chi connectivity index (χ3v) is 5.28. The highest BCUT2D eigenvalue weighted by molar-refractivity contribution is 7.10. The van der Waals surface area contributed by atoms with Gasteiger partial charge in [-0.1, -0.05) is 24.3 Å². The standard InChI is InChI=1S/C17H21N3OS/c1-11-15(17(18-2)22-20-11)16(21)19-10-13-8-5-7-12-6-3-4-9-14(12)13/h3-4,6,9,13,18H,5,7-8,10H2,1-2H3,(H,19,21)/t13-/m0/s1. The summed E-state index contributed by atoms with van der Waals surface area (Å²) in [5.41, 5.74) is 4.29. The molecule has 116 valence electrons. The fourth-order valence-corrected chi connectivity index (χ4v) is 3.92. The van der Waals surface area contributed by atoms with Gasteiger partial charge in [-0.15, -0.1) is 0 Å². The van der Waals surface area contributed by atoms with Crippen LogP contribution in [0.3, 0.4) is 0 Å². The average molecular weight is 315 g/mol. The number of fused-ring (bicyclic) bond motifs is 1. The second-order valence-electron chi connectivity index (χ2n) is 5.72. The molecule has 0 radical (unpaired) electrons. The number of aryl methyl sites for hydroxylation is 2. The molecule has 0 spiro atoms. The summed E-state index contributed by atoms with van der Waals surface area (Å²) in [7, 11) is 1.82. The smallest absolute Gasteiger partial charge is 0.256 e. The fourth-order valence-electron chi connectivity index (χ4n) is 3.18. The molecule has 1 aliphatic carbocycles. The van der Waals surface area contributed by atoms with Gasteiger partial charge in [0.15, 0.2) is 0 Å². The Hall–Kier alpha value is -1.88. The molecule has 4 nitrogen and oxygen atoms in total. The van der Waals surface area contributed by atoms with Crippen molar-refractivity contribution in [2.45, 2.75) is 32.1 Å². The van der Waals surface area contributed by atoms with E-state index in [1.807, 2.05) is 14.0 Å². The van der Waals surface area contributed by atoms with Crippen LogP contribution in [0.15, 0.2) is 24.3 Å². The summed E-state index contributed by atoms with van der Waals surface area (Å²) >= 11 is 1.33. The molecular weight excluding hydrogens is 294 g/mol. The number of carbonyl (C=O) groups excluding carboxylic acids is 1. The van der Waals surface area contributed by atoms with Crippen LogP contribution < -0.4 is 10.6 Å². The lowest BCUT2D eigenvalue weighted by molar-refractivity contribution is 0.0950. The highest BCUT2D eigenvalue weighted by Crippen LogP contribution is 2.31. The van der Waals surface area contributed by atoms with Crippen LogP contribution in [-0.4, -0.2) is 23.9 Å². The number of benzene rings is 1. The fraction of sp³-hybridized carbons (Fsp3) is 0.412. The predicted octanol–water partition coefficient (Wildman–Crippen LogP) is 3.34. The van der Waals surface area contributed by atoms with E-state index < -0.39 is 0 Å². The van der Waals surface area contributed by atoms with E-state index in [1.54, 1.807) is 0 Å². The minimum absolute atomic E-state index is 0.0290. The number of amides is 1. The molecule has 0 saturated carbocycles. The van der Waals surface area contributed by atoms with E-state index in [-0.39, 0.29) is 5.91 Å². The van der Waals surface area contributed by atoms with E-state index in [2.05, 4.69) is 39.3 Å². The molecule has 0 bridgehead atoms. The third kappa shape index (κ3) is 2.86. The van der Waals surface area contributed by atoms with Crippen LogP contribution in [0.4, 0.5) is 5.00 Å². The monoisotopic (exact) mass is 315 g/mol. The summed E-state index contributed by atoms with van der Waals surface area (Å²) in [6.45, 7) is 2.57. The van der Waals surface area contributed by atoms with Gasteiger partial charge in [0.2, 0.25) is 0 Å². The van der Waals surface area contributed by atoms with Crippen molar-refractivity contribution < 1.29 is 4.79 Å². The molecule has 0 saturated heterocycles. The van der Waals surface area contributed by atoms with Gasteiger partial charge in [-0.05, 0) is 48.8 Å². The zero-order chi connectivity index (χ0) is 15.5. The highest BCUT2D eigenvalue weighted by atomic mass is 32.1. The molecule has 1 heterocycles. The molecule has 0 fully saturated rings. The number of rotatable bonds is 4. The first kappa shape index (κ1) is 15.0. The van der Waals surface area contributed by atoms with Crippen LogP contribution in [0.2, 0.25) is 0 Å². The van der Waals surface area contributed by atoms with Gasteiger partial charge in [-0.25, -0.2) is 0 Å². The number of aromatic nitrogens is 1. The van der Waals surface area contributed by atoms with Crippen molar-refractivity contribution in [3.05, 3.63) is 46.6 Å². The quantitative estimate of drug-likeness (QED) is 0.910. The van der Waals surface area contributed by atoms with Crippen molar-refractivity contribution in [2.75, 3.05) is 18.9 Å². The minimum atomic E-state index is -0.0290. The van der Waals surface area contributed by atoms with Crippen molar-refractivity contribution in [1.29, 1.82) is 0 Å². The summed E-state index contributed by atoms with van der Waals surface area (Å²) < 4.78 is 4.26. The van der Waals surface area contributed by atoms with Crippen molar-refractivity contribution in [3.8, 4) is 0 Å². The van der Waals surface area contributed by atoms with Gasteiger partial charge in [0.1, 0.15) is 5.00 Å². The molecule has 0 unspecified atom stereocenters. The summed E-state index contributed by atoms with van der Waals surface area (Å²) in [4.78, 5) is 12.5. The van der Waals surface area contributed by atoms with Gasteiger partial charge < -0.3 is 10.6 Å². The predicted molar refractivity (Wildman–Crippen MR) is 90.9 cm³/mol. The van der Waals surface area contributed by atoms with Crippen LogP contribution in [-0.2, 0) is 6.42 Å². The van der Waals surface area contributed by atoms with Gasteiger partial charge in [-0.2, -0.15) is 4.37 Å². The Morgan fingerprint density at radius 3 is 3.05 bits per heavy atom. The molecule has 22 heavy (non-hydrogen) atoms. The first-order valence-electron chi connectivity index (χ1n) is 7.70. The van der Waals surface area contributed by atoms with Gasteiger partial charge >= 0.3 is 0 Å². The number of nitrogens with one attached hydrogen (secondary N) is 2. The average Bonchev–Trinajstić information content (AvgIpc) is 2.93. The lowest BCUT2D eigenvalue weighted by Crippen LogP contribution is -2.30. The third-order valence-electron chi connectivity index (χ3n) is 4.32. The summed E-state index contributed by atoms with van der Waals surface area (Å²) in [5, 5.41) is 6.98. The normalized spacial score (nSPS) is 16.9. The Balaban J connectivity index is 1.71. The molecule has 1 atom stereocenters. The molecule has 1 amide bonds. The maximum atomic E-state index is 12.5. The van der Waals surface area contributed by atoms with Crippen molar-refractivity contribution >= 4 is 22.4 Å². The van der Waals surface area contributed by atoms with E-state index in [0.29, 0.717) is 18.0 Å². The van der Waals surface area contributed by atoms with E-state index in [1.165, 1.54) is 29.1 Å². The molecule has 1 aromatic carbocycles. The molecule has 1 aliphatic rings. The van der Waals surface area contributed by atoms with Gasteiger partial charge in [-0.3, -0.25) is 4.79 Å². The zero-order valence-corrected chi connectivity index (χ0v) is 13.8. The molecule has 2 aromatic rings. The van der Waals surface area contributed by atoms with Crippen molar-refractivity contribution in [1.82, 2.24) is 9.69 Å². The topological polar surface area (TPSA) is 54.0 Å². The number of carbonyl (C=O) groups is 1. The van der Waals surface area contributed by atoms with E-state index in [0.717, 1.165) is 23.5 Å². The SMILES string of the molecule is CNc1snc(C)c1C(=O)NC[C@@H]1CCCc2ccccc21. The number of anilines is 1. The summed E-state index contributed by atoms with van der Waals surface area (Å²) in [6, 6.07) is 8.58. The summed E-state index contributed by atoms with van der Waals surface area (Å²) in [6.07, 6.45) is 3.48. The highest BCUT2D eigenvalue weighted by Gasteiger charge is 2.22. The van der Waals surface area contributed by atoms with Gasteiger partial charge in [0.05, 0.1) is 11.3 Å². The maximum absolute atomic E-state index is 12.5. The zero-order valence-electron chi connectivity index (χ0n) is 13.0. The van der Waals surface area contributed by atoms with E-state index in [9.17, 15) is 4.79 Å². The molecule has 1 aromatic heterocycles. The van der Waals surface area contributed by atoms with Crippen LogP contribution >= 0.6 is 11.5 Å². The first-order valence-corrected chi connectivity index (χ1v) is 8.48. The second kappa shape index (κ2) is 6.48. The molecule has 5 heteroatoms. The number of nitrogens with zero attached hydrogens (tertiary/aromatic N) is 1. The Labute approximate surface area is 135 Å². The van der Waals surface area contributed by atoms with E-state index >= 15 is 0 Å². The van der Waals surface area contributed by atoms with Crippen molar-refractivity contribution in [2.24, 2.45) is 0 Å². The minimum Gasteiger partial charge on any atom is -0.378 e. The lowest BCUT2D eigenvalue weighted by atomic mass is 9.83. The number of hydrogen-bond acceptors (Lipinski definition) is 4. The van der Waals surface area contributed by atoms with Crippen LogP contribution in [0.5, 0.6) is 0 Å².